The largest absolute Gasteiger partial charge is 0.332 e. The zero-order valence-electron chi connectivity index (χ0n) is 9.86. The molecule has 1 aromatic heterocycles. The number of benzene rings is 1. The standard InChI is InChI=1S/C13H14N2S2/c1-9-6-4-5-7-11(9)10(2)15-13-14-8-12(16-3)17-13/h4-8H,2H2,1,3H3,(H,14,15). The third kappa shape index (κ3) is 2.90. The van der Waals surface area contributed by atoms with Crippen molar-refractivity contribution in [2.75, 3.05) is 11.6 Å². The summed E-state index contributed by atoms with van der Waals surface area (Å²) in [6.45, 7) is 6.15. The first-order valence-corrected chi connectivity index (χ1v) is 7.26. The van der Waals surface area contributed by atoms with Gasteiger partial charge in [0.05, 0.1) is 10.4 Å². The average Bonchev–Trinajstić information content (AvgIpc) is 2.77. The molecule has 0 saturated heterocycles. The highest BCUT2D eigenvalue weighted by atomic mass is 32.2. The fourth-order valence-corrected chi connectivity index (χ4v) is 2.82. The SMILES string of the molecule is C=C(Nc1ncc(SC)s1)c1ccccc1C. The molecule has 0 radical (unpaired) electrons. The maximum absolute atomic E-state index is 4.31. The van der Waals surface area contributed by atoms with Gasteiger partial charge in [-0.1, -0.05) is 42.2 Å². The van der Waals surface area contributed by atoms with Gasteiger partial charge in [-0.3, -0.25) is 0 Å². The topological polar surface area (TPSA) is 24.9 Å². The Morgan fingerprint density at radius 1 is 1.41 bits per heavy atom. The van der Waals surface area contributed by atoms with E-state index >= 15 is 0 Å². The molecule has 0 unspecified atom stereocenters. The molecule has 1 N–H and O–H groups in total. The van der Waals surface area contributed by atoms with E-state index in [0.29, 0.717) is 0 Å². The Bertz CT molecular complexity index is 532. The Balaban J connectivity index is 2.14. The summed E-state index contributed by atoms with van der Waals surface area (Å²) in [6.07, 6.45) is 3.93. The van der Waals surface area contributed by atoms with Crippen LogP contribution in [0.5, 0.6) is 0 Å². The first-order valence-electron chi connectivity index (χ1n) is 5.22. The highest BCUT2D eigenvalue weighted by Gasteiger charge is 2.05. The normalized spacial score (nSPS) is 10.2. The molecule has 0 amide bonds. The predicted octanol–water partition coefficient (Wildman–Crippen LogP) is 4.26. The molecule has 0 aliphatic rings. The van der Waals surface area contributed by atoms with Crippen molar-refractivity contribution in [1.29, 1.82) is 0 Å². The summed E-state index contributed by atoms with van der Waals surface area (Å²) >= 11 is 3.34. The Hall–Kier alpha value is -1.26. The molecule has 0 bridgehead atoms. The molecule has 2 rings (SSSR count). The third-order valence-electron chi connectivity index (χ3n) is 2.41. The Morgan fingerprint density at radius 2 is 2.18 bits per heavy atom. The minimum absolute atomic E-state index is 0.891. The number of thioether (sulfide) groups is 1. The molecular weight excluding hydrogens is 248 g/mol. The molecule has 17 heavy (non-hydrogen) atoms. The van der Waals surface area contributed by atoms with Gasteiger partial charge in [0.25, 0.3) is 0 Å². The fraction of sp³-hybridized carbons (Fsp3) is 0.154. The van der Waals surface area contributed by atoms with Crippen LogP contribution >= 0.6 is 23.1 Å². The summed E-state index contributed by atoms with van der Waals surface area (Å²) in [7, 11) is 0. The number of aromatic nitrogens is 1. The first kappa shape index (κ1) is 12.2. The lowest BCUT2D eigenvalue weighted by Gasteiger charge is -2.09. The van der Waals surface area contributed by atoms with E-state index in [9.17, 15) is 0 Å². The van der Waals surface area contributed by atoms with Crippen LogP contribution in [-0.4, -0.2) is 11.2 Å². The van der Waals surface area contributed by atoms with Crippen LogP contribution in [-0.2, 0) is 0 Å². The maximum atomic E-state index is 4.31. The van der Waals surface area contributed by atoms with Crippen molar-refractivity contribution >= 4 is 33.9 Å². The van der Waals surface area contributed by atoms with Crippen molar-refractivity contribution in [2.24, 2.45) is 0 Å². The lowest BCUT2D eigenvalue weighted by molar-refractivity contribution is 1.35. The van der Waals surface area contributed by atoms with Crippen LogP contribution in [0.25, 0.3) is 5.70 Å². The second-order valence-electron chi connectivity index (χ2n) is 3.61. The molecule has 0 spiro atoms. The molecule has 88 valence electrons. The zero-order valence-corrected chi connectivity index (χ0v) is 11.5. The highest BCUT2D eigenvalue weighted by Crippen LogP contribution is 2.28. The number of hydrogen-bond acceptors (Lipinski definition) is 4. The molecule has 0 aliphatic heterocycles. The Kier molecular flexibility index (Phi) is 3.86. The van der Waals surface area contributed by atoms with Gasteiger partial charge in [0, 0.05) is 11.3 Å². The highest BCUT2D eigenvalue weighted by molar-refractivity contribution is 8.00. The number of anilines is 1. The number of rotatable bonds is 4. The minimum atomic E-state index is 0.891. The van der Waals surface area contributed by atoms with Crippen molar-refractivity contribution < 1.29 is 0 Å². The van der Waals surface area contributed by atoms with Crippen LogP contribution in [0.15, 0.2) is 41.3 Å². The second kappa shape index (κ2) is 5.38. The van der Waals surface area contributed by atoms with E-state index in [2.05, 4.69) is 35.9 Å². The Labute approximate surface area is 110 Å². The first-order chi connectivity index (χ1) is 8.20. The monoisotopic (exact) mass is 262 g/mol. The minimum Gasteiger partial charge on any atom is -0.332 e. The molecule has 0 saturated carbocycles. The molecule has 1 heterocycles. The molecular formula is C13H14N2S2. The smallest absolute Gasteiger partial charge is 0.188 e. The summed E-state index contributed by atoms with van der Waals surface area (Å²) in [6, 6.07) is 8.19. The van der Waals surface area contributed by atoms with E-state index in [1.807, 2.05) is 24.6 Å². The summed E-state index contributed by atoms with van der Waals surface area (Å²) in [5, 5.41) is 4.14. The van der Waals surface area contributed by atoms with Gasteiger partial charge in [-0.25, -0.2) is 4.98 Å². The molecule has 1 aromatic carbocycles. The van der Waals surface area contributed by atoms with Gasteiger partial charge >= 0.3 is 0 Å². The zero-order chi connectivity index (χ0) is 12.3. The summed E-state index contributed by atoms with van der Waals surface area (Å²) < 4.78 is 1.20. The van der Waals surface area contributed by atoms with Crippen molar-refractivity contribution in [3.63, 3.8) is 0 Å². The van der Waals surface area contributed by atoms with Crippen LogP contribution in [0.1, 0.15) is 11.1 Å². The molecule has 2 aromatic rings. The number of nitrogens with one attached hydrogen (secondary N) is 1. The van der Waals surface area contributed by atoms with Crippen molar-refractivity contribution in [3.05, 3.63) is 48.2 Å². The fourth-order valence-electron chi connectivity index (χ4n) is 1.52. The van der Waals surface area contributed by atoms with Gasteiger partial charge in [-0.15, -0.1) is 11.8 Å². The molecule has 2 nitrogen and oxygen atoms in total. The van der Waals surface area contributed by atoms with Gasteiger partial charge < -0.3 is 5.32 Å². The van der Waals surface area contributed by atoms with Gasteiger partial charge in [0.2, 0.25) is 0 Å². The Morgan fingerprint density at radius 3 is 2.82 bits per heavy atom. The van der Waals surface area contributed by atoms with Gasteiger partial charge in [0.15, 0.2) is 5.13 Å². The van der Waals surface area contributed by atoms with Crippen LogP contribution < -0.4 is 5.32 Å². The quantitative estimate of drug-likeness (QED) is 0.834. The predicted molar refractivity (Wildman–Crippen MR) is 77.7 cm³/mol. The van der Waals surface area contributed by atoms with Gasteiger partial charge in [-0.05, 0) is 18.7 Å². The molecule has 0 fully saturated rings. The number of thiazole rings is 1. The van der Waals surface area contributed by atoms with E-state index in [-0.39, 0.29) is 0 Å². The number of aryl methyl sites for hydroxylation is 1. The lowest BCUT2D eigenvalue weighted by atomic mass is 10.1. The van der Waals surface area contributed by atoms with E-state index in [1.54, 1.807) is 23.1 Å². The summed E-state index contributed by atoms with van der Waals surface area (Å²) in [5.41, 5.74) is 3.24. The van der Waals surface area contributed by atoms with Crippen LogP contribution in [0.2, 0.25) is 0 Å². The number of hydrogen-bond donors (Lipinski definition) is 1. The van der Waals surface area contributed by atoms with Crippen molar-refractivity contribution in [3.8, 4) is 0 Å². The van der Waals surface area contributed by atoms with Gasteiger partial charge in [-0.2, -0.15) is 0 Å². The van der Waals surface area contributed by atoms with E-state index in [0.717, 1.165) is 16.4 Å². The number of nitrogens with zero attached hydrogens (tertiary/aromatic N) is 1. The summed E-state index contributed by atoms with van der Waals surface area (Å²) in [4.78, 5) is 4.31. The molecule has 0 atom stereocenters. The lowest BCUT2D eigenvalue weighted by Crippen LogP contribution is -1.98. The van der Waals surface area contributed by atoms with E-state index < -0.39 is 0 Å². The second-order valence-corrected chi connectivity index (χ2v) is 5.74. The molecule has 4 heteroatoms. The van der Waals surface area contributed by atoms with Crippen LogP contribution in [0, 0.1) is 6.92 Å². The van der Waals surface area contributed by atoms with E-state index in [4.69, 9.17) is 0 Å². The van der Waals surface area contributed by atoms with Gasteiger partial charge in [0.1, 0.15) is 0 Å². The third-order valence-corrected chi connectivity index (χ3v) is 4.38. The van der Waals surface area contributed by atoms with E-state index in [1.165, 1.54) is 9.77 Å². The van der Waals surface area contributed by atoms with Crippen molar-refractivity contribution in [2.45, 2.75) is 11.1 Å². The van der Waals surface area contributed by atoms with Crippen molar-refractivity contribution in [1.82, 2.24) is 4.98 Å². The maximum Gasteiger partial charge on any atom is 0.188 e. The molecule has 0 aliphatic carbocycles. The van der Waals surface area contributed by atoms with Crippen LogP contribution in [0.3, 0.4) is 0 Å². The summed E-state index contributed by atoms with van der Waals surface area (Å²) in [5.74, 6) is 0. The van der Waals surface area contributed by atoms with Crippen LogP contribution in [0.4, 0.5) is 5.13 Å². The average molecular weight is 262 g/mol.